The number of likely N-dealkylation sites (tertiary alicyclic amines) is 1. The van der Waals surface area contributed by atoms with Gasteiger partial charge in [0.05, 0.1) is 12.0 Å². The second-order valence-electron chi connectivity index (χ2n) is 5.93. The van der Waals surface area contributed by atoms with E-state index in [1.807, 2.05) is 29.5 Å². The summed E-state index contributed by atoms with van der Waals surface area (Å²) in [4.78, 5) is 17.6. The zero-order chi connectivity index (χ0) is 16.2. The molecular weight excluding hydrogens is 308 g/mol. The largest absolute Gasteiger partial charge is 0.496 e. The Hall–Kier alpha value is -1.85. The molecule has 1 aromatic heterocycles. The van der Waals surface area contributed by atoms with E-state index in [-0.39, 0.29) is 11.9 Å². The van der Waals surface area contributed by atoms with Crippen molar-refractivity contribution in [1.82, 2.24) is 9.80 Å². The summed E-state index contributed by atoms with van der Waals surface area (Å²) < 4.78 is 5.17. The predicted molar refractivity (Wildman–Crippen MR) is 93.1 cm³/mol. The molecule has 4 nitrogen and oxygen atoms in total. The van der Waals surface area contributed by atoms with Crippen LogP contribution in [0.5, 0.6) is 5.75 Å². The van der Waals surface area contributed by atoms with E-state index in [1.165, 1.54) is 16.9 Å². The molecule has 122 valence electrons. The van der Waals surface area contributed by atoms with Crippen LogP contribution in [0.15, 0.2) is 41.8 Å². The zero-order valence-electron chi connectivity index (χ0n) is 13.6. The summed E-state index contributed by atoms with van der Waals surface area (Å²) in [5.74, 6) is 0.841. The van der Waals surface area contributed by atoms with Gasteiger partial charge >= 0.3 is 0 Å². The summed E-state index contributed by atoms with van der Waals surface area (Å²) in [7, 11) is 3.53. The summed E-state index contributed by atoms with van der Waals surface area (Å²) >= 11 is 1.44. The number of rotatable bonds is 5. The van der Waals surface area contributed by atoms with Crippen molar-refractivity contribution in [3.63, 3.8) is 0 Å². The first-order chi connectivity index (χ1) is 11.2. The number of carbonyl (C=O) groups is 1. The zero-order valence-corrected chi connectivity index (χ0v) is 14.4. The minimum atomic E-state index is 0.0878. The van der Waals surface area contributed by atoms with Crippen molar-refractivity contribution < 1.29 is 9.53 Å². The summed E-state index contributed by atoms with van der Waals surface area (Å²) in [6, 6.07) is 12.6. The first-order valence-electron chi connectivity index (χ1n) is 7.83. The molecule has 1 aliphatic heterocycles. The number of hydrogen-bond acceptors (Lipinski definition) is 4. The van der Waals surface area contributed by atoms with Crippen molar-refractivity contribution in [3.05, 3.63) is 52.2 Å². The second kappa shape index (κ2) is 7.15. The Labute approximate surface area is 141 Å². The normalized spacial score (nSPS) is 18.1. The Bertz CT molecular complexity index is 656. The van der Waals surface area contributed by atoms with Crippen LogP contribution in [-0.2, 0) is 6.54 Å². The molecular formula is C18H22N2O2S. The van der Waals surface area contributed by atoms with Gasteiger partial charge in [-0.3, -0.25) is 9.69 Å². The fraction of sp³-hybridized carbons (Fsp3) is 0.389. The molecule has 0 bridgehead atoms. The van der Waals surface area contributed by atoms with Gasteiger partial charge in [0, 0.05) is 44.2 Å². The van der Waals surface area contributed by atoms with E-state index in [0.29, 0.717) is 0 Å². The number of ether oxygens (including phenoxy) is 1. The van der Waals surface area contributed by atoms with Crippen LogP contribution >= 0.6 is 11.3 Å². The van der Waals surface area contributed by atoms with Crippen molar-refractivity contribution in [3.8, 4) is 5.75 Å². The highest BCUT2D eigenvalue weighted by Gasteiger charge is 2.29. The Morgan fingerprint density at radius 3 is 2.87 bits per heavy atom. The number of methoxy groups -OCH3 is 1. The van der Waals surface area contributed by atoms with E-state index in [2.05, 4.69) is 29.2 Å². The number of amides is 1. The summed E-state index contributed by atoms with van der Waals surface area (Å²) in [6.07, 6.45) is 1.03. The second-order valence-corrected chi connectivity index (χ2v) is 6.84. The van der Waals surface area contributed by atoms with Gasteiger partial charge in [-0.15, -0.1) is 11.3 Å². The van der Waals surface area contributed by atoms with Crippen molar-refractivity contribution in [2.45, 2.75) is 19.0 Å². The number of carbonyl (C=O) groups excluding carboxylic acids is 1. The maximum atomic E-state index is 12.6. The van der Waals surface area contributed by atoms with E-state index in [9.17, 15) is 4.79 Å². The molecule has 1 fully saturated rings. The maximum Gasteiger partial charge on any atom is 0.264 e. The summed E-state index contributed by atoms with van der Waals surface area (Å²) in [6.45, 7) is 2.91. The highest BCUT2D eigenvalue weighted by molar-refractivity contribution is 7.12. The quantitative estimate of drug-likeness (QED) is 0.844. The molecule has 0 radical (unpaired) electrons. The molecule has 23 heavy (non-hydrogen) atoms. The molecule has 2 aromatic rings. The van der Waals surface area contributed by atoms with Crippen LogP contribution in [0.3, 0.4) is 0 Å². The van der Waals surface area contributed by atoms with E-state index in [4.69, 9.17) is 4.74 Å². The van der Waals surface area contributed by atoms with Crippen LogP contribution in [0.25, 0.3) is 0 Å². The SMILES string of the molecule is COc1csc(C(=O)N(C)C2CCN(Cc3ccccc3)C2)c1. The molecule has 1 unspecified atom stereocenters. The van der Waals surface area contributed by atoms with Crippen LogP contribution in [0.1, 0.15) is 21.7 Å². The third-order valence-corrected chi connectivity index (χ3v) is 5.28. The van der Waals surface area contributed by atoms with E-state index >= 15 is 0 Å². The third kappa shape index (κ3) is 3.74. The number of benzene rings is 1. The monoisotopic (exact) mass is 330 g/mol. The summed E-state index contributed by atoms with van der Waals surface area (Å²) in [5, 5.41) is 1.87. The third-order valence-electron chi connectivity index (χ3n) is 4.39. The minimum absolute atomic E-state index is 0.0878. The average molecular weight is 330 g/mol. The molecule has 0 aliphatic carbocycles. The average Bonchev–Trinajstić information content (AvgIpc) is 3.23. The van der Waals surface area contributed by atoms with E-state index < -0.39 is 0 Å². The molecule has 5 heteroatoms. The van der Waals surface area contributed by atoms with Crippen molar-refractivity contribution in [2.24, 2.45) is 0 Å². The molecule has 3 rings (SSSR count). The smallest absolute Gasteiger partial charge is 0.264 e. The van der Waals surface area contributed by atoms with Crippen LogP contribution in [0.2, 0.25) is 0 Å². The van der Waals surface area contributed by atoms with Gasteiger partial charge < -0.3 is 9.64 Å². The standard InChI is InChI=1S/C18H22N2O2S/c1-19(18(21)17-10-16(22-2)13-23-17)15-8-9-20(12-15)11-14-6-4-3-5-7-14/h3-7,10,13,15H,8-9,11-12H2,1-2H3. The van der Waals surface area contributed by atoms with Crippen LogP contribution in [0.4, 0.5) is 0 Å². The lowest BCUT2D eigenvalue weighted by molar-refractivity contribution is 0.0739. The number of thiophene rings is 1. The molecule has 1 atom stereocenters. The fourth-order valence-electron chi connectivity index (χ4n) is 2.99. The maximum absolute atomic E-state index is 12.6. The molecule has 1 aromatic carbocycles. The Morgan fingerprint density at radius 2 is 2.17 bits per heavy atom. The molecule has 1 aliphatic rings. The van der Waals surface area contributed by atoms with Gasteiger partial charge in [0.1, 0.15) is 5.75 Å². The van der Waals surface area contributed by atoms with Gasteiger partial charge in [-0.05, 0) is 12.0 Å². The van der Waals surface area contributed by atoms with Gasteiger partial charge in [0.25, 0.3) is 5.91 Å². The topological polar surface area (TPSA) is 32.8 Å². The Morgan fingerprint density at radius 1 is 1.39 bits per heavy atom. The molecule has 1 saturated heterocycles. The van der Waals surface area contributed by atoms with E-state index in [0.717, 1.165) is 36.7 Å². The number of nitrogens with zero attached hydrogens (tertiary/aromatic N) is 2. The molecule has 0 N–H and O–H groups in total. The lowest BCUT2D eigenvalue weighted by Gasteiger charge is -2.24. The van der Waals surface area contributed by atoms with Gasteiger partial charge in [-0.2, -0.15) is 0 Å². The van der Waals surface area contributed by atoms with E-state index in [1.54, 1.807) is 7.11 Å². The van der Waals surface area contributed by atoms with Gasteiger partial charge in [0.2, 0.25) is 0 Å². The lowest BCUT2D eigenvalue weighted by Crippen LogP contribution is -2.38. The first kappa shape index (κ1) is 16.0. The molecule has 0 saturated carbocycles. The van der Waals surface area contributed by atoms with Crippen LogP contribution in [0, 0.1) is 0 Å². The van der Waals surface area contributed by atoms with Crippen molar-refractivity contribution >= 4 is 17.2 Å². The Kier molecular flexibility index (Phi) is 4.98. The van der Waals surface area contributed by atoms with Gasteiger partial charge in [0.15, 0.2) is 0 Å². The first-order valence-corrected chi connectivity index (χ1v) is 8.71. The fourth-order valence-corrected chi connectivity index (χ4v) is 3.83. The predicted octanol–water partition coefficient (Wildman–Crippen LogP) is 3.10. The molecule has 1 amide bonds. The van der Waals surface area contributed by atoms with Crippen molar-refractivity contribution in [1.29, 1.82) is 0 Å². The number of likely N-dealkylation sites (N-methyl/N-ethyl adjacent to an activating group) is 1. The minimum Gasteiger partial charge on any atom is -0.496 e. The lowest BCUT2D eigenvalue weighted by atomic mass is 10.2. The Balaban J connectivity index is 1.58. The van der Waals surface area contributed by atoms with Gasteiger partial charge in [-0.1, -0.05) is 30.3 Å². The van der Waals surface area contributed by atoms with Crippen LogP contribution < -0.4 is 4.74 Å². The van der Waals surface area contributed by atoms with Gasteiger partial charge in [-0.25, -0.2) is 0 Å². The highest BCUT2D eigenvalue weighted by atomic mass is 32.1. The van der Waals surface area contributed by atoms with Crippen molar-refractivity contribution in [2.75, 3.05) is 27.2 Å². The van der Waals surface area contributed by atoms with Crippen LogP contribution in [-0.4, -0.2) is 49.0 Å². The molecule has 2 heterocycles. The highest BCUT2D eigenvalue weighted by Crippen LogP contribution is 2.24. The summed E-state index contributed by atoms with van der Waals surface area (Å²) in [5.41, 5.74) is 1.32. The molecule has 0 spiro atoms. The number of hydrogen-bond donors (Lipinski definition) is 0.